The summed E-state index contributed by atoms with van der Waals surface area (Å²) in [5, 5.41) is 0. The van der Waals surface area contributed by atoms with Crippen LogP contribution < -0.4 is 5.73 Å². The molecule has 0 radical (unpaired) electrons. The van der Waals surface area contributed by atoms with Gasteiger partial charge in [-0.2, -0.15) is 0 Å². The molecule has 0 unspecified atom stereocenters. The molecular weight excluding hydrogens is 234 g/mol. The molecule has 0 spiro atoms. The van der Waals surface area contributed by atoms with Crippen LogP contribution in [0.5, 0.6) is 0 Å². The number of hydrogen-bond donors (Lipinski definition) is 1. The van der Waals surface area contributed by atoms with Crippen molar-refractivity contribution in [1.29, 1.82) is 0 Å². The second-order valence-corrected chi connectivity index (χ2v) is 7.14. The summed E-state index contributed by atoms with van der Waals surface area (Å²) in [7, 11) is 0. The van der Waals surface area contributed by atoms with Gasteiger partial charge in [-0.3, -0.25) is 0 Å². The summed E-state index contributed by atoms with van der Waals surface area (Å²) in [6.45, 7) is 7.59. The smallest absolute Gasteiger partial charge is 0.0120 e. The fourth-order valence-corrected chi connectivity index (χ4v) is 4.17. The minimum atomic E-state index is 0.632. The molecule has 2 saturated heterocycles. The molecule has 3 fully saturated rings. The van der Waals surface area contributed by atoms with Crippen molar-refractivity contribution >= 4 is 0 Å². The van der Waals surface area contributed by atoms with E-state index in [0.29, 0.717) is 5.41 Å². The molecule has 19 heavy (non-hydrogen) atoms. The normalized spacial score (nSPS) is 29.5. The Bertz CT molecular complexity index is 274. The molecule has 0 aromatic heterocycles. The average Bonchev–Trinajstić information content (AvgIpc) is 3.20. The van der Waals surface area contributed by atoms with E-state index in [0.717, 1.165) is 12.6 Å². The molecule has 2 heterocycles. The molecule has 1 aliphatic carbocycles. The molecule has 0 bridgehead atoms. The average molecular weight is 265 g/mol. The van der Waals surface area contributed by atoms with Gasteiger partial charge in [-0.15, -0.1) is 0 Å². The highest BCUT2D eigenvalue weighted by Crippen LogP contribution is 2.49. The highest BCUT2D eigenvalue weighted by Gasteiger charge is 2.43. The van der Waals surface area contributed by atoms with Gasteiger partial charge in [0.1, 0.15) is 0 Å². The summed E-state index contributed by atoms with van der Waals surface area (Å²) >= 11 is 0. The maximum Gasteiger partial charge on any atom is 0.0120 e. The van der Waals surface area contributed by atoms with Crippen LogP contribution in [0, 0.1) is 5.41 Å². The second kappa shape index (κ2) is 6.11. The van der Waals surface area contributed by atoms with Crippen LogP contribution in [0.25, 0.3) is 0 Å². The first-order valence-corrected chi connectivity index (χ1v) is 8.48. The maximum atomic E-state index is 5.75. The molecule has 0 amide bonds. The monoisotopic (exact) mass is 265 g/mol. The number of rotatable bonds is 5. The first-order valence-electron chi connectivity index (χ1n) is 8.48. The highest BCUT2D eigenvalue weighted by molar-refractivity contribution is 4.96. The second-order valence-electron chi connectivity index (χ2n) is 7.14. The van der Waals surface area contributed by atoms with E-state index in [4.69, 9.17) is 5.73 Å². The topological polar surface area (TPSA) is 32.5 Å². The zero-order chi connectivity index (χ0) is 13.1. The number of piperidine rings is 2. The molecule has 3 aliphatic rings. The van der Waals surface area contributed by atoms with Crippen molar-refractivity contribution in [2.75, 3.05) is 39.3 Å². The minimum absolute atomic E-state index is 0.632. The van der Waals surface area contributed by atoms with Crippen LogP contribution in [0.3, 0.4) is 0 Å². The first-order chi connectivity index (χ1) is 9.31. The zero-order valence-corrected chi connectivity index (χ0v) is 12.4. The van der Waals surface area contributed by atoms with E-state index in [9.17, 15) is 0 Å². The van der Waals surface area contributed by atoms with E-state index in [1.165, 1.54) is 84.1 Å². The van der Waals surface area contributed by atoms with Crippen LogP contribution in [-0.4, -0.2) is 55.1 Å². The van der Waals surface area contributed by atoms with Crippen LogP contribution in [0.4, 0.5) is 0 Å². The fraction of sp³-hybridized carbons (Fsp3) is 1.00. The lowest BCUT2D eigenvalue weighted by atomic mass is 9.97. The molecule has 0 aromatic carbocycles. The Morgan fingerprint density at radius 2 is 1.63 bits per heavy atom. The van der Waals surface area contributed by atoms with Gasteiger partial charge in [0.25, 0.3) is 0 Å². The van der Waals surface area contributed by atoms with Crippen molar-refractivity contribution in [3.63, 3.8) is 0 Å². The largest absolute Gasteiger partial charge is 0.330 e. The van der Waals surface area contributed by atoms with E-state index in [-0.39, 0.29) is 0 Å². The third-order valence-electron chi connectivity index (χ3n) is 5.65. The van der Waals surface area contributed by atoms with Crippen molar-refractivity contribution in [1.82, 2.24) is 9.80 Å². The molecule has 3 nitrogen and oxygen atoms in total. The van der Waals surface area contributed by atoms with Crippen molar-refractivity contribution in [2.24, 2.45) is 11.1 Å². The van der Waals surface area contributed by atoms with Crippen molar-refractivity contribution in [3.8, 4) is 0 Å². The molecule has 2 aliphatic heterocycles. The Morgan fingerprint density at radius 1 is 0.947 bits per heavy atom. The van der Waals surface area contributed by atoms with Crippen molar-refractivity contribution in [2.45, 2.75) is 57.4 Å². The zero-order valence-electron chi connectivity index (χ0n) is 12.4. The number of nitrogens with two attached hydrogens (primary N) is 1. The maximum absolute atomic E-state index is 5.75. The predicted octanol–water partition coefficient (Wildman–Crippen LogP) is 2.07. The quantitative estimate of drug-likeness (QED) is 0.826. The van der Waals surface area contributed by atoms with Crippen molar-refractivity contribution < 1.29 is 0 Å². The van der Waals surface area contributed by atoms with Gasteiger partial charge in [-0.05, 0) is 83.1 Å². The van der Waals surface area contributed by atoms with E-state index >= 15 is 0 Å². The summed E-state index contributed by atoms with van der Waals surface area (Å²) < 4.78 is 0. The van der Waals surface area contributed by atoms with E-state index in [1.807, 2.05) is 0 Å². The molecule has 0 aromatic rings. The number of hydrogen-bond acceptors (Lipinski definition) is 3. The van der Waals surface area contributed by atoms with E-state index < -0.39 is 0 Å². The lowest BCUT2D eigenvalue weighted by Gasteiger charge is -2.41. The van der Waals surface area contributed by atoms with Crippen LogP contribution in [-0.2, 0) is 0 Å². The van der Waals surface area contributed by atoms with Gasteiger partial charge < -0.3 is 15.5 Å². The van der Waals surface area contributed by atoms with Gasteiger partial charge in [0.05, 0.1) is 0 Å². The Kier molecular flexibility index (Phi) is 4.45. The first kappa shape index (κ1) is 13.8. The molecule has 3 rings (SSSR count). The van der Waals surface area contributed by atoms with Crippen LogP contribution in [0.15, 0.2) is 0 Å². The van der Waals surface area contributed by atoms with E-state index in [1.54, 1.807) is 0 Å². The standard InChI is InChI=1S/C16H31N3/c17-9-8-16(6-7-16)14-18-12-4-15(5-13-18)19-10-2-1-3-11-19/h15H,1-14,17H2. The van der Waals surface area contributed by atoms with Crippen LogP contribution >= 0.6 is 0 Å². The Morgan fingerprint density at radius 3 is 2.21 bits per heavy atom. The van der Waals surface area contributed by atoms with Gasteiger partial charge in [0.15, 0.2) is 0 Å². The molecule has 3 heteroatoms. The van der Waals surface area contributed by atoms with Gasteiger partial charge in [0, 0.05) is 12.6 Å². The Labute approximate surface area is 118 Å². The Balaban J connectivity index is 1.42. The molecule has 2 N–H and O–H groups in total. The fourth-order valence-electron chi connectivity index (χ4n) is 4.17. The third kappa shape index (κ3) is 3.50. The number of nitrogens with zero attached hydrogens (tertiary/aromatic N) is 2. The lowest BCUT2D eigenvalue weighted by molar-refractivity contribution is 0.0821. The van der Waals surface area contributed by atoms with Gasteiger partial charge >= 0.3 is 0 Å². The Hall–Kier alpha value is -0.120. The predicted molar refractivity (Wildman–Crippen MR) is 80.2 cm³/mol. The van der Waals surface area contributed by atoms with Crippen LogP contribution in [0.1, 0.15) is 51.4 Å². The molecular formula is C16H31N3. The van der Waals surface area contributed by atoms with E-state index in [2.05, 4.69) is 9.80 Å². The van der Waals surface area contributed by atoms with Gasteiger partial charge in [-0.1, -0.05) is 6.42 Å². The molecule has 0 atom stereocenters. The summed E-state index contributed by atoms with van der Waals surface area (Å²) in [6.07, 6.45) is 11.2. The summed E-state index contributed by atoms with van der Waals surface area (Å²) in [5.41, 5.74) is 6.39. The molecule has 110 valence electrons. The third-order valence-corrected chi connectivity index (χ3v) is 5.65. The summed E-state index contributed by atoms with van der Waals surface area (Å²) in [6, 6.07) is 0.890. The number of likely N-dealkylation sites (tertiary alicyclic amines) is 2. The summed E-state index contributed by atoms with van der Waals surface area (Å²) in [4.78, 5) is 5.50. The highest BCUT2D eigenvalue weighted by atomic mass is 15.2. The molecule has 1 saturated carbocycles. The SMILES string of the molecule is NCCC1(CN2CCC(N3CCCCC3)CC2)CC1. The van der Waals surface area contributed by atoms with Crippen LogP contribution in [0.2, 0.25) is 0 Å². The minimum Gasteiger partial charge on any atom is -0.330 e. The summed E-state index contributed by atoms with van der Waals surface area (Å²) in [5.74, 6) is 0. The van der Waals surface area contributed by atoms with Crippen molar-refractivity contribution in [3.05, 3.63) is 0 Å². The van der Waals surface area contributed by atoms with Gasteiger partial charge in [0.2, 0.25) is 0 Å². The lowest BCUT2D eigenvalue weighted by Crippen LogP contribution is -2.47. The van der Waals surface area contributed by atoms with Gasteiger partial charge in [-0.25, -0.2) is 0 Å².